The van der Waals surface area contributed by atoms with Gasteiger partial charge in [-0.2, -0.15) is 0 Å². The maximum absolute atomic E-state index is 13.3. The van der Waals surface area contributed by atoms with E-state index in [0.29, 0.717) is 15.6 Å². The molecule has 24 heavy (non-hydrogen) atoms. The molecule has 0 aliphatic carbocycles. The van der Waals surface area contributed by atoms with Crippen LogP contribution in [0.15, 0.2) is 41.3 Å². The van der Waals surface area contributed by atoms with E-state index in [2.05, 4.69) is 0 Å². The number of hydrogen-bond acceptors (Lipinski definition) is 3. The van der Waals surface area contributed by atoms with Crippen molar-refractivity contribution in [3.8, 4) is 0 Å². The van der Waals surface area contributed by atoms with Gasteiger partial charge in [-0.3, -0.25) is 9.59 Å². The summed E-state index contributed by atoms with van der Waals surface area (Å²) in [5.41, 5.74) is 0.640. The number of carbonyl (C=O) groups excluding carboxylic acids is 2. The van der Waals surface area contributed by atoms with Gasteiger partial charge in [0.2, 0.25) is 0 Å². The topological polar surface area (TPSA) is 37.4 Å². The fourth-order valence-electron chi connectivity index (χ4n) is 2.09. The summed E-state index contributed by atoms with van der Waals surface area (Å²) in [5.74, 6) is -1.19. The van der Waals surface area contributed by atoms with Gasteiger partial charge in [-0.15, -0.1) is 0 Å². The number of amides is 2. The second-order valence-electron chi connectivity index (χ2n) is 4.75. The highest BCUT2D eigenvalue weighted by Crippen LogP contribution is 2.38. The molecule has 0 aromatic heterocycles. The number of nitrogens with zero attached hydrogens (tertiary/aromatic N) is 1. The number of rotatable bonds is 2. The minimum absolute atomic E-state index is 0.162. The molecular weight excluding hydrogens is 396 g/mol. The smallest absolute Gasteiger partial charge is 0.268 e. The maximum Gasteiger partial charge on any atom is 0.298 e. The second kappa shape index (κ2) is 6.76. The number of halogens is 4. The van der Waals surface area contributed by atoms with Crippen LogP contribution >= 0.6 is 46.6 Å². The SMILES string of the molecule is O=C1S/C(=C\c2c(Cl)cccc2Cl)C(=O)N1c1ccc(F)c(Cl)c1. The summed E-state index contributed by atoms with van der Waals surface area (Å²) in [6.07, 6.45) is 1.46. The van der Waals surface area contributed by atoms with Crippen molar-refractivity contribution in [2.24, 2.45) is 0 Å². The van der Waals surface area contributed by atoms with E-state index in [-0.39, 0.29) is 15.6 Å². The lowest BCUT2D eigenvalue weighted by atomic mass is 10.2. The van der Waals surface area contributed by atoms with E-state index in [4.69, 9.17) is 34.8 Å². The summed E-state index contributed by atoms with van der Waals surface area (Å²) in [4.78, 5) is 25.8. The second-order valence-corrected chi connectivity index (χ2v) is 6.97. The first kappa shape index (κ1) is 17.3. The number of imide groups is 1. The zero-order valence-corrected chi connectivity index (χ0v) is 14.8. The summed E-state index contributed by atoms with van der Waals surface area (Å²) in [5, 5.41) is 0.0278. The Morgan fingerprint density at radius 2 is 1.67 bits per heavy atom. The average Bonchev–Trinajstić information content (AvgIpc) is 2.80. The largest absolute Gasteiger partial charge is 0.298 e. The van der Waals surface area contributed by atoms with Crippen LogP contribution in [0.3, 0.4) is 0 Å². The van der Waals surface area contributed by atoms with Gasteiger partial charge in [0.15, 0.2) is 0 Å². The molecule has 1 aliphatic rings. The first-order valence-corrected chi connectivity index (χ1v) is 8.50. The fourth-order valence-corrected chi connectivity index (χ4v) is 3.60. The molecule has 0 saturated carbocycles. The van der Waals surface area contributed by atoms with E-state index in [0.717, 1.165) is 22.7 Å². The highest BCUT2D eigenvalue weighted by molar-refractivity contribution is 8.19. The number of anilines is 1. The predicted octanol–water partition coefficient (Wildman–Crippen LogP) is 6.03. The Morgan fingerprint density at radius 1 is 1.00 bits per heavy atom. The molecule has 1 aliphatic heterocycles. The minimum Gasteiger partial charge on any atom is -0.268 e. The van der Waals surface area contributed by atoms with Crippen LogP contribution in [-0.4, -0.2) is 11.1 Å². The Kier molecular flexibility index (Phi) is 4.88. The summed E-state index contributed by atoms with van der Waals surface area (Å²) in [6, 6.07) is 8.55. The monoisotopic (exact) mass is 401 g/mol. The van der Waals surface area contributed by atoms with E-state index in [1.54, 1.807) is 18.2 Å². The van der Waals surface area contributed by atoms with Gasteiger partial charge in [0.05, 0.1) is 15.6 Å². The third-order valence-corrected chi connectivity index (χ3v) is 5.05. The Bertz CT molecular complexity index is 881. The third-order valence-electron chi connectivity index (χ3n) is 3.23. The Hall–Kier alpha value is -1.53. The molecule has 3 nitrogen and oxygen atoms in total. The Balaban J connectivity index is 2.00. The normalized spacial score (nSPS) is 16.3. The lowest BCUT2D eigenvalue weighted by Gasteiger charge is -2.12. The average molecular weight is 403 g/mol. The molecule has 8 heteroatoms. The van der Waals surface area contributed by atoms with Crippen LogP contribution in [0.4, 0.5) is 14.9 Å². The van der Waals surface area contributed by atoms with Crippen molar-refractivity contribution in [1.82, 2.24) is 0 Å². The van der Waals surface area contributed by atoms with E-state index < -0.39 is 17.0 Å². The quantitative estimate of drug-likeness (QED) is 0.576. The number of hydrogen-bond donors (Lipinski definition) is 0. The van der Waals surface area contributed by atoms with E-state index in [9.17, 15) is 14.0 Å². The van der Waals surface area contributed by atoms with Crippen LogP contribution in [0.25, 0.3) is 6.08 Å². The van der Waals surface area contributed by atoms with Crippen LogP contribution < -0.4 is 4.90 Å². The van der Waals surface area contributed by atoms with Crippen molar-refractivity contribution in [3.63, 3.8) is 0 Å². The molecule has 1 heterocycles. The van der Waals surface area contributed by atoms with Crippen molar-refractivity contribution in [3.05, 3.63) is 67.8 Å². The molecule has 0 N–H and O–H groups in total. The number of benzene rings is 2. The van der Waals surface area contributed by atoms with Crippen molar-refractivity contribution in [2.45, 2.75) is 0 Å². The minimum atomic E-state index is -0.634. The van der Waals surface area contributed by atoms with Gasteiger partial charge in [-0.1, -0.05) is 40.9 Å². The van der Waals surface area contributed by atoms with Gasteiger partial charge >= 0.3 is 0 Å². The lowest BCUT2D eigenvalue weighted by Crippen LogP contribution is -2.27. The van der Waals surface area contributed by atoms with Crippen molar-refractivity contribution in [2.75, 3.05) is 4.90 Å². The van der Waals surface area contributed by atoms with Crippen LogP contribution in [0.5, 0.6) is 0 Å². The Labute approximate surface area is 156 Å². The molecule has 0 spiro atoms. The molecule has 0 bridgehead atoms. The molecule has 2 amide bonds. The van der Waals surface area contributed by atoms with Gasteiger partial charge in [0.25, 0.3) is 11.1 Å². The van der Waals surface area contributed by atoms with Gasteiger partial charge in [-0.25, -0.2) is 9.29 Å². The first-order valence-electron chi connectivity index (χ1n) is 6.55. The Morgan fingerprint density at radius 3 is 2.29 bits per heavy atom. The standard InChI is InChI=1S/C16H7Cl3FNO2S/c17-10-2-1-3-11(18)9(10)7-14-15(22)21(16(23)24-14)8-4-5-13(20)12(19)6-8/h1-7H/b14-7-. The van der Waals surface area contributed by atoms with Gasteiger partial charge < -0.3 is 0 Å². The van der Waals surface area contributed by atoms with E-state index >= 15 is 0 Å². The van der Waals surface area contributed by atoms with Gasteiger partial charge in [0.1, 0.15) is 5.82 Å². The highest BCUT2D eigenvalue weighted by Gasteiger charge is 2.36. The molecule has 1 fully saturated rings. The first-order chi connectivity index (χ1) is 11.4. The molecular formula is C16H7Cl3FNO2S. The van der Waals surface area contributed by atoms with Crippen LogP contribution in [0, 0.1) is 5.82 Å². The van der Waals surface area contributed by atoms with Gasteiger partial charge in [-0.05, 0) is 48.2 Å². The predicted molar refractivity (Wildman–Crippen MR) is 96.3 cm³/mol. The fraction of sp³-hybridized carbons (Fsp3) is 0. The van der Waals surface area contributed by atoms with Crippen molar-refractivity contribution < 1.29 is 14.0 Å². The summed E-state index contributed by atoms with van der Waals surface area (Å²) in [6.45, 7) is 0. The zero-order valence-electron chi connectivity index (χ0n) is 11.7. The third kappa shape index (κ3) is 3.17. The molecule has 2 aromatic carbocycles. The summed E-state index contributed by atoms with van der Waals surface area (Å²) < 4.78 is 13.3. The molecule has 0 atom stereocenters. The van der Waals surface area contributed by atoms with Crippen molar-refractivity contribution in [1.29, 1.82) is 0 Å². The maximum atomic E-state index is 13.3. The van der Waals surface area contributed by atoms with E-state index in [1.807, 2.05) is 0 Å². The zero-order chi connectivity index (χ0) is 17.4. The van der Waals surface area contributed by atoms with Crippen molar-refractivity contribution >= 4 is 69.5 Å². The number of carbonyl (C=O) groups is 2. The summed E-state index contributed by atoms with van der Waals surface area (Å²) >= 11 is 18.6. The van der Waals surface area contributed by atoms with Crippen LogP contribution in [-0.2, 0) is 4.79 Å². The van der Waals surface area contributed by atoms with Crippen LogP contribution in [0.2, 0.25) is 15.1 Å². The molecule has 0 radical (unpaired) electrons. The molecule has 3 rings (SSSR count). The summed E-state index contributed by atoms with van der Waals surface area (Å²) in [7, 11) is 0. The highest BCUT2D eigenvalue weighted by atomic mass is 35.5. The molecule has 2 aromatic rings. The molecule has 0 unspecified atom stereocenters. The van der Waals surface area contributed by atoms with E-state index in [1.165, 1.54) is 18.2 Å². The molecule has 122 valence electrons. The van der Waals surface area contributed by atoms with Gasteiger partial charge in [0, 0.05) is 15.6 Å². The molecule has 1 saturated heterocycles. The number of thioether (sulfide) groups is 1. The van der Waals surface area contributed by atoms with Crippen LogP contribution in [0.1, 0.15) is 5.56 Å². The lowest BCUT2D eigenvalue weighted by molar-refractivity contribution is -0.113.